The Kier molecular flexibility index (Phi) is 5.15. The minimum absolute atomic E-state index is 0.274. The van der Waals surface area contributed by atoms with Gasteiger partial charge in [-0.05, 0) is 55.5 Å². The highest BCUT2D eigenvalue weighted by atomic mass is 16.2. The summed E-state index contributed by atoms with van der Waals surface area (Å²) in [6.07, 6.45) is 5.53. The number of rotatable bonds is 4. The summed E-state index contributed by atoms with van der Waals surface area (Å²) >= 11 is 0. The molecular weight excluding hydrogens is 350 g/mol. The van der Waals surface area contributed by atoms with Crippen molar-refractivity contribution in [2.24, 2.45) is 0 Å². The quantitative estimate of drug-likeness (QED) is 0.647. The number of amides is 3. The molecule has 144 valence electrons. The molecule has 2 aromatic rings. The second-order valence-electron chi connectivity index (χ2n) is 7.50. The lowest BCUT2D eigenvalue weighted by molar-refractivity contribution is -0.123. The molecule has 0 aromatic heterocycles. The van der Waals surface area contributed by atoms with Crippen LogP contribution in [0.1, 0.15) is 36.0 Å². The van der Waals surface area contributed by atoms with E-state index in [1.54, 1.807) is 6.08 Å². The fourth-order valence-electron chi connectivity index (χ4n) is 3.69. The molecule has 28 heavy (non-hydrogen) atoms. The van der Waals surface area contributed by atoms with Gasteiger partial charge in [0.2, 0.25) is 0 Å². The highest BCUT2D eigenvalue weighted by Crippen LogP contribution is 2.22. The van der Waals surface area contributed by atoms with Crippen molar-refractivity contribution in [3.05, 3.63) is 70.9 Å². The molecule has 2 aliphatic heterocycles. The number of carbonyl (C=O) groups excluding carboxylic acids is 2. The number of imide groups is 1. The zero-order valence-corrected chi connectivity index (χ0v) is 16.1. The van der Waals surface area contributed by atoms with E-state index in [0.29, 0.717) is 5.70 Å². The summed E-state index contributed by atoms with van der Waals surface area (Å²) in [4.78, 5) is 28.6. The third kappa shape index (κ3) is 3.93. The Labute approximate surface area is 165 Å². The van der Waals surface area contributed by atoms with Crippen LogP contribution in [0, 0.1) is 6.92 Å². The van der Waals surface area contributed by atoms with E-state index in [2.05, 4.69) is 22.3 Å². The number of nitrogens with one attached hydrogen (secondary N) is 1. The van der Waals surface area contributed by atoms with Gasteiger partial charge in [0.05, 0.1) is 6.54 Å². The van der Waals surface area contributed by atoms with Crippen LogP contribution in [0.25, 0.3) is 6.08 Å². The van der Waals surface area contributed by atoms with Crippen molar-refractivity contribution in [2.75, 3.05) is 18.0 Å². The van der Waals surface area contributed by atoms with Crippen molar-refractivity contribution in [3.63, 3.8) is 0 Å². The molecule has 2 aliphatic rings. The first-order valence-electron chi connectivity index (χ1n) is 9.85. The van der Waals surface area contributed by atoms with Crippen LogP contribution >= 0.6 is 0 Å². The monoisotopic (exact) mass is 375 g/mol. The summed E-state index contributed by atoms with van der Waals surface area (Å²) in [5.41, 5.74) is 4.52. The van der Waals surface area contributed by atoms with E-state index in [4.69, 9.17) is 0 Å². The summed E-state index contributed by atoms with van der Waals surface area (Å²) < 4.78 is 0. The number of piperidine rings is 1. The lowest BCUT2D eigenvalue weighted by Crippen LogP contribution is -2.30. The number of benzene rings is 2. The second kappa shape index (κ2) is 7.89. The molecule has 0 bridgehead atoms. The summed E-state index contributed by atoms with van der Waals surface area (Å²) in [5, 5.41) is 2.70. The minimum Gasteiger partial charge on any atom is -0.372 e. The van der Waals surface area contributed by atoms with Crippen molar-refractivity contribution < 1.29 is 9.59 Å². The number of aryl methyl sites for hydroxylation is 1. The molecule has 0 atom stereocenters. The number of anilines is 1. The zero-order chi connectivity index (χ0) is 19.5. The van der Waals surface area contributed by atoms with Gasteiger partial charge in [-0.2, -0.15) is 0 Å². The second-order valence-corrected chi connectivity index (χ2v) is 7.50. The van der Waals surface area contributed by atoms with E-state index in [1.165, 1.54) is 29.8 Å². The van der Waals surface area contributed by atoms with Gasteiger partial charge in [-0.15, -0.1) is 0 Å². The summed E-state index contributed by atoms with van der Waals surface area (Å²) in [6.45, 7) is 4.48. The van der Waals surface area contributed by atoms with Crippen LogP contribution < -0.4 is 10.2 Å². The van der Waals surface area contributed by atoms with Crippen LogP contribution in [0.5, 0.6) is 0 Å². The maximum Gasteiger partial charge on any atom is 0.329 e. The van der Waals surface area contributed by atoms with Gasteiger partial charge in [0.25, 0.3) is 5.91 Å². The van der Waals surface area contributed by atoms with Gasteiger partial charge in [-0.1, -0.05) is 42.0 Å². The van der Waals surface area contributed by atoms with Gasteiger partial charge in [-0.3, -0.25) is 9.69 Å². The molecule has 0 saturated carbocycles. The van der Waals surface area contributed by atoms with E-state index in [9.17, 15) is 9.59 Å². The van der Waals surface area contributed by atoms with E-state index in [1.807, 2.05) is 43.3 Å². The average Bonchev–Trinajstić information content (AvgIpc) is 2.98. The van der Waals surface area contributed by atoms with Crippen molar-refractivity contribution in [2.45, 2.75) is 32.7 Å². The normalized spacial score (nSPS) is 18.7. The SMILES string of the molecule is Cc1ccc(CN2C(=O)N/C(=C/c3ccc(N4CCCCC4)cc3)C2=O)cc1. The number of hydrogen-bond donors (Lipinski definition) is 1. The van der Waals surface area contributed by atoms with Gasteiger partial charge >= 0.3 is 6.03 Å². The third-order valence-electron chi connectivity index (χ3n) is 5.35. The van der Waals surface area contributed by atoms with Crippen molar-refractivity contribution in [1.82, 2.24) is 10.2 Å². The molecule has 0 unspecified atom stereocenters. The number of hydrogen-bond acceptors (Lipinski definition) is 3. The fraction of sp³-hybridized carbons (Fsp3) is 0.304. The predicted molar refractivity (Wildman–Crippen MR) is 111 cm³/mol. The molecule has 5 heteroatoms. The Morgan fingerprint density at radius 1 is 0.929 bits per heavy atom. The smallest absolute Gasteiger partial charge is 0.329 e. The van der Waals surface area contributed by atoms with Gasteiger partial charge in [0, 0.05) is 18.8 Å². The van der Waals surface area contributed by atoms with Gasteiger partial charge in [0.1, 0.15) is 5.70 Å². The molecule has 0 spiro atoms. The largest absolute Gasteiger partial charge is 0.372 e. The standard InChI is InChI=1S/C23H25N3O2/c1-17-5-7-19(8-6-17)16-26-22(27)21(24-23(26)28)15-18-9-11-20(12-10-18)25-13-3-2-4-14-25/h5-12,15H,2-4,13-14,16H2,1H3,(H,24,28)/b21-15+. The van der Waals surface area contributed by atoms with E-state index in [-0.39, 0.29) is 18.5 Å². The number of nitrogens with zero attached hydrogens (tertiary/aromatic N) is 2. The maximum atomic E-state index is 12.7. The molecule has 2 aromatic carbocycles. The Hall–Kier alpha value is -3.08. The first-order valence-corrected chi connectivity index (χ1v) is 9.85. The molecule has 5 nitrogen and oxygen atoms in total. The molecule has 2 saturated heterocycles. The average molecular weight is 375 g/mol. The maximum absolute atomic E-state index is 12.7. The lowest BCUT2D eigenvalue weighted by atomic mass is 10.1. The highest BCUT2D eigenvalue weighted by molar-refractivity contribution is 6.13. The third-order valence-corrected chi connectivity index (χ3v) is 5.35. The Morgan fingerprint density at radius 3 is 2.29 bits per heavy atom. The molecule has 0 aliphatic carbocycles. The van der Waals surface area contributed by atoms with Crippen LogP contribution in [-0.4, -0.2) is 29.9 Å². The summed E-state index contributed by atoms with van der Waals surface area (Å²) in [6, 6.07) is 15.6. The van der Waals surface area contributed by atoms with E-state index >= 15 is 0 Å². The highest BCUT2D eigenvalue weighted by Gasteiger charge is 2.33. The topological polar surface area (TPSA) is 52.7 Å². The Morgan fingerprint density at radius 2 is 1.61 bits per heavy atom. The minimum atomic E-state index is -0.373. The van der Waals surface area contributed by atoms with E-state index < -0.39 is 0 Å². The summed E-state index contributed by atoms with van der Waals surface area (Å²) in [7, 11) is 0. The Balaban J connectivity index is 1.46. The van der Waals surface area contributed by atoms with Crippen LogP contribution in [0.2, 0.25) is 0 Å². The van der Waals surface area contributed by atoms with Gasteiger partial charge in [0.15, 0.2) is 0 Å². The lowest BCUT2D eigenvalue weighted by Gasteiger charge is -2.28. The Bertz CT molecular complexity index is 894. The first-order chi connectivity index (χ1) is 13.6. The van der Waals surface area contributed by atoms with Crippen LogP contribution in [0.4, 0.5) is 10.5 Å². The molecule has 2 heterocycles. The van der Waals surface area contributed by atoms with E-state index in [0.717, 1.165) is 29.8 Å². The summed E-state index contributed by atoms with van der Waals surface area (Å²) in [5.74, 6) is -0.286. The van der Waals surface area contributed by atoms with Crippen molar-refractivity contribution in [3.8, 4) is 0 Å². The molecule has 1 N–H and O–H groups in total. The van der Waals surface area contributed by atoms with Crippen LogP contribution in [-0.2, 0) is 11.3 Å². The number of carbonyl (C=O) groups is 2. The van der Waals surface area contributed by atoms with Crippen molar-refractivity contribution >= 4 is 23.7 Å². The molecule has 3 amide bonds. The van der Waals surface area contributed by atoms with Gasteiger partial charge in [-0.25, -0.2) is 4.79 Å². The van der Waals surface area contributed by atoms with Crippen LogP contribution in [0.15, 0.2) is 54.2 Å². The first kappa shape index (κ1) is 18.3. The predicted octanol–water partition coefficient (Wildman–Crippen LogP) is 4.08. The number of urea groups is 1. The van der Waals surface area contributed by atoms with Crippen LogP contribution in [0.3, 0.4) is 0 Å². The van der Waals surface area contributed by atoms with Gasteiger partial charge < -0.3 is 10.2 Å². The molecule has 2 fully saturated rings. The molecule has 0 radical (unpaired) electrons. The van der Waals surface area contributed by atoms with Crippen molar-refractivity contribution in [1.29, 1.82) is 0 Å². The molecule has 4 rings (SSSR count). The fourth-order valence-corrected chi connectivity index (χ4v) is 3.69. The zero-order valence-electron chi connectivity index (χ0n) is 16.1. The molecular formula is C23H25N3O2.